The summed E-state index contributed by atoms with van der Waals surface area (Å²) >= 11 is 0. The molecule has 1 amide bonds. The van der Waals surface area contributed by atoms with E-state index in [0.29, 0.717) is 17.9 Å². The fourth-order valence-electron chi connectivity index (χ4n) is 2.77. The molecule has 0 fully saturated rings. The maximum Gasteiger partial charge on any atom is 0.240 e. The van der Waals surface area contributed by atoms with Crippen LogP contribution >= 0.6 is 0 Å². The zero-order valence-corrected chi connectivity index (χ0v) is 16.6. The second kappa shape index (κ2) is 14.2. The van der Waals surface area contributed by atoms with Gasteiger partial charge < -0.3 is 9.47 Å². The first kappa shape index (κ1) is 22.0. The van der Waals surface area contributed by atoms with Crippen molar-refractivity contribution in [2.75, 3.05) is 14.2 Å². The standard InChI is InChI=1S/C21H34N2O3/c1-4-5-6-7-8-9-10-11-12-13-21(24)23-22-17-18-16-19(25-2)14-15-20(18)26-3/h14-17H,4-13H2,1-3H3,(H,23,24)/b22-17+. The van der Waals surface area contributed by atoms with E-state index in [1.807, 2.05) is 18.2 Å². The van der Waals surface area contributed by atoms with E-state index in [0.717, 1.165) is 18.4 Å². The van der Waals surface area contributed by atoms with Crippen LogP contribution in [-0.4, -0.2) is 26.3 Å². The van der Waals surface area contributed by atoms with Crippen LogP contribution in [0.1, 0.15) is 76.7 Å². The van der Waals surface area contributed by atoms with E-state index >= 15 is 0 Å². The van der Waals surface area contributed by atoms with Crippen molar-refractivity contribution >= 4 is 12.1 Å². The van der Waals surface area contributed by atoms with Crippen LogP contribution in [-0.2, 0) is 4.79 Å². The van der Waals surface area contributed by atoms with Crippen LogP contribution in [0.5, 0.6) is 11.5 Å². The molecular formula is C21H34N2O3. The van der Waals surface area contributed by atoms with Crippen molar-refractivity contribution in [3.05, 3.63) is 23.8 Å². The number of benzene rings is 1. The number of amides is 1. The molecule has 0 aliphatic heterocycles. The van der Waals surface area contributed by atoms with Crippen LogP contribution in [0.15, 0.2) is 23.3 Å². The molecule has 5 heteroatoms. The van der Waals surface area contributed by atoms with Gasteiger partial charge in [-0.15, -0.1) is 0 Å². The summed E-state index contributed by atoms with van der Waals surface area (Å²) in [6, 6.07) is 5.44. The summed E-state index contributed by atoms with van der Waals surface area (Å²) in [5, 5.41) is 4.02. The summed E-state index contributed by atoms with van der Waals surface area (Å²) < 4.78 is 10.5. The molecular weight excluding hydrogens is 328 g/mol. The molecule has 26 heavy (non-hydrogen) atoms. The lowest BCUT2D eigenvalue weighted by Gasteiger charge is -2.06. The van der Waals surface area contributed by atoms with Crippen molar-refractivity contribution in [1.29, 1.82) is 0 Å². The maximum absolute atomic E-state index is 11.8. The summed E-state index contributed by atoms with van der Waals surface area (Å²) in [6.07, 6.45) is 13.3. The van der Waals surface area contributed by atoms with Gasteiger partial charge in [-0.05, 0) is 24.6 Å². The fraction of sp³-hybridized carbons (Fsp3) is 0.619. The topological polar surface area (TPSA) is 59.9 Å². The predicted molar refractivity (Wildman–Crippen MR) is 107 cm³/mol. The largest absolute Gasteiger partial charge is 0.497 e. The van der Waals surface area contributed by atoms with Crippen LogP contribution in [0.4, 0.5) is 0 Å². The lowest BCUT2D eigenvalue weighted by atomic mass is 10.1. The van der Waals surface area contributed by atoms with Crippen LogP contribution in [0.3, 0.4) is 0 Å². The first-order valence-corrected chi connectivity index (χ1v) is 9.75. The second-order valence-electron chi connectivity index (χ2n) is 6.48. The smallest absolute Gasteiger partial charge is 0.240 e. The van der Waals surface area contributed by atoms with Gasteiger partial charge in [0.25, 0.3) is 0 Å². The van der Waals surface area contributed by atoms with E-state index < -0.39 is 0 Å². The van der Waals surface area contributed by atoms with Crippen molar-refractivity contribution in [3.8, 4) is 11.5 Å². The molecule has 0 aliphatic rings. The van der Waals surface area contributed by atoms with Gasteiger partial charge in [-0.1, -0.05) is 58.3 Å². The van der Waals surface area contributed by atoms with Crippen molar-refractivity contribution in [3.63, 3.8) is 0 Å². The molecule has 5 nitrogen and oxygen atoms in total. The lowest BCUT2D eigenvalue weighted by molar-refractivity contribution is -0.121. The van der Waals surface area contributed by atoms with Crippen molar-refractivity contribution < 1.29 is 14.3 Å². The average Bonchev–Trinajstić information content (AvgIpc) is 2.66. The van der Waals surface area contributed by atoms with Gasteiger partial charge in [-0.3, -0.25) is 4.79 Å². The monoisotopic (exact) mass is 362 g/mol. The number of nitrogens with one attached hydrogen (secondary N) is 1. The van der Waals surface area contributed by atoms with Crippen LogP contribution < -0.4 is 14.9 Å². The van der Waals surface area contributed by atoms with E-state index in [1.54, 1.807) is 20.4 Å². The summed E-state index contributed by atoms with van der Waals surface area (Å²) in [4.78, 5) is 11.8. The molecule has 0 atom stereocenters. The second-order valence-corrected chi connectivity index (χ2v) is 6.48. The number of carbonyl (C=O) groups is 1. The van der Waals surface area contributed by atoms with E-state index in [1.165, 1.54) is 44.9 Å². The maximum atomic E-state index is 11.8. The highest BCUT2D eigenvalue weighted by Gasteiger charge is 2.03. The molecule has 0 bridgehead atoms. The van der Waals surface area contributed by atoms with E-state index in [4.69, 9.17) is 9.47 Å². The first-order chi connectivity index (χ1) is 12.7. The van der Waals surface area contributed by atoms with E-state index in [9.17, 15) is 4.79 Å². The molecule has 0 aliphatic carbocycles. The zero-order valence-electron chi connectivity index (χ0n) is 16.6. The van der Waals surface area contributed by atoms with Gasteiger partial charge in [0, 0.05) is 12.0 Å². The van der Waals surface area contributed by atoms with Gasteiger partial charge in [0.05, 0.1) is 20.4 Å². The third-order valence-electron chi connectivity index (χ3n) is 4.34. The molecule has 146 valence electrons. The SMILES string of the molecule is CCCCCCCCCCCC(=O)N/N=C/c1cc(OC)ccc1OC. The quantitative estimate of drug-likeness (QED) is 0.285. The Morgan fingerprint density at radius 1 is 1.00 bits per heavy atom. The Morgan fingerprint density at radius 3 is 2.27 bits per heavy atom. The average molecular weight is 363 g/mol. The molecule has 0 saturated heterocycles. The Balaban J connectivity index is 2.19. The Hall–Kier alpha value is -2.04. The molecule has 0 radical (unpaired) electrons. The number of hydrogen-bond donors (Lipinski definition) is 1. The Kier molecular flexibility index (Phi) is 12.0. The third-order valence-corrected chi connectivity index (χ3v) is 4.34. The summed E-state index contributed by atoms with van der Waals surface area (Å²) in [7, 11) is 3.21. The number of methoxy groups -OCH3 is 2. The molecule has 0 heterocycles. The third kappa shape index (κ3) is 9.44. The zero-order chi connectivity index (χ0) is 19.0. The van der Waals surface area contributed by atoms with Gasteiger partial charge >= 0.3 is 0 Å². The fourth-order valence-corrected chi connectivity index (χ4v) is 2.77. The minimum Gasteiger partial charge on any atom is -0.497 e. The molecule has 1 rings (SSSR count). The van der Waals surface area contributed by atoms with Crippen LogP contribution in [0.2, 0.25) is 0 Å². The number of hydrazone groups is 1. The first-order valence-electron chi connectivity index (χ1n) is 9.75. The number of nitrogens with zero attached hydrogens (tertiary/aromatic N) is 1. The molecule has 0 unspecified atom stereocenters. The van der Waals surface area contributed by atoms with Gasteiger partial charge in [0.15, 0.2) is 0 Å². The normalized spacial score (nSPS) is 10.9. The Bertz CT molecular complexity index is 544. The van der Waals surface area contributed by atoms with Crippen LogP contribution in [0, 0.1) is 0 Å². The number of carbonyl (C=O) groups excluding carboxylic acids is 1. The van der Waals surface area contributed by atoms with Gasteiger partial charge in [-0.2, -0.15) is 5.10 Å². The van der Waals surface area contributed by atoms with Crippen molar-refractivity contribution in [2.24, 2.45) is 5.10 Å². The highest BCUT2D eigenvalue weighted by molar-refractivity contribution is 5.85. The van der Waals surface area contributed by atoms with Crippen LogP contribution in [0.25, 0.3) is 0 Å². The summed E-state index contributed by atoms with van der Waals surface area (Å²) in [6.45, 7) is 2.24. The molecule has 1 aromatic rings. The molecule has 1 aromatic carbocycles. The van der Waals surface area contributed by atoms with Crippen molar-refractivity contribution in [1.82, 2.24) is 5.43 Å². The Morgan fingerprint density at radius 2 is 1.65 bits per heavy atom. The summed E-state index contributed by atoms with van der Waals surface area (Å²) in [5.41, 5.74) is 3.34. The summed E-state index contributed by atoms with van der Waals surface area (Å²) in [5.74, 6) is 1.35. The molecule has 0 aromatic heterocycles. The van der Waals surface area contributed by atoms with Crippen molar-refractivity contribution in [2.45, 2.75) is 71.1 Å². The van der Waals surface area contributed by atoms with E-state index in [2.05, 4.69) is 17.5 Å². The molecule has 0 spiro atoms. The highest BCUT2D eigenvalue weighted by Crippen LogP contribution is 2.22. The number of hydrogen-bond acceptors (Lipinski definition) is 4. The molecule has 1 N–H and O–H groups in total. The number of unbranched alkanes of at least 4 members (excludes halogenated alkanes) is 8. The van der Waals surface area contributed by atoms with Gasteiger partial charge in [-0.25, -0.2) is 5.43 Å². The highest BCUT2D eigenvalue weighted by atomic mass is 16.5. The minimum atomic E-state index is -0.0499. The van der Waals surface area contributed by atoms with Gasteiger partial charge in [0.2, 0.25) is 5.91 Å². The number of rotatable bonds is 14. The predicted octanol–water partition coefficient (Wildman–Crippen LogP) is 5.07. The van der Waals surface area contributed by atoms with E-state index in [-0.39, 0.29) is 5.91 Å². The Labute approximate surface area is 158 Å². The lowest BCUT2D eigenvalue weighted by Crippen LogP contribution is -2.17. The molecule has 0 saturated carbocycles. The number of ether oxygens (including phenoxy) is 2. The van der Waals surface area contributed by atoms with Gasteiger partial charge in [0.1, 0.15) is 11.5 Å². The minimum absolute atomic E-state index is 0.0499.